The number of hydrogen-bond donors (Lipinski definition) is 2. The van der Waals surface area contributed by atoms with E-state index in [2.05, 4.69) is 13.8 Å². The summed E-state index contributed by atoms with van der Waals surface area (Å²) in [5, 5.41) is 9.73. The molecule has 0 radical (unpaired) electrons. The van der Waals surface area contributed by atoms with Crippen LogP contribution >= 0.6 is 0 Å². The monoisotopic (exact) mass is 251 g/mol. The Morgan fingerprint density at radius 1 is 1.22 bits per heavy atom. The molecule has 0 heterocycles. The van der Waals surface area contributed by atoms with Gasteiger partial charge in [0.1, 0.15) is 5.75 Å². The van der Waals surface area contributed by atoms with Crippen LogP contribution < -0.4 is 10.5 Å². The lowest BCUT2D eigenvalue weighted by atomic mass is 10.0. The number of hydrogen-bond acceptors (Lipinski definition) is 3. The standard InChI is InChI=1S/C15H25NO2/c1-11(2)10-18-15-7-5-4-6-13(15)8-9-14(17)12(3)16/h4-7,11-12,14,17H,8-10,16H2,1-3H3. The van der Waals surface area contributed by atoms with Crippen LogP contribution in [0.1, 0.15) is 32.8 Å². The van der Waals surface area contributed by atoms with E-state index in [0.29, 0.717) is 18.9 Å². The molecule has 0 spiro atoms. The molecule has 2 atom stereocenters. The fraction of sp³-hybridized carbons (Fsp3) is 0.600. The molecular weight excluding hydrogens is 226 g/mol. The predicted molar refractivity (Wildman–Crippen MR) is 74.8 cm³/mol. The SMILES string of the molecule is CC(C)COc1ccccc1CCC(O)C(C)N. The Balaban J connectivity index is 2.58. The first-order chi connectivity index (χ1) is 8.50. The molecule has 1 aromatic carbocycles. The molecule has 0 saturated carbocycles. The van der Waals surface area contributed by atoms with Gasteiger partial charge in [0.25, 0.3) is 0 Å². The fourth-order valence-corrected chi connectivity index (χ4v) is 1.67. The highest BCUT2D eigenvalue weighted by Gasteiger charge is 2.11. The molecule has 0 saturated heterocycles. The van der Waals surface area contributed by atoms with Crippen LogP contribution in [-0.4, -0.2) is 23.9 Å². The second-order valence-corrected chi connectivity index (χ2v) is 5.28. The fourth-order valence-electron chi connectivity index (χ4n) is 1.67. The van der Waals surface area contributed by atoms with E-state index in [9.17, 15) is 5.11 Å². The Kier molecular flexibility index (Phi) is 6.16. The molecule has 18 heavy (non-hydrogen) atoms. The minimum atomic E-state index is -0.455. The van der Waals surface area contributed by atoms with Gasteiger partial charge in [-0.05, 0) is 37.3 Å². The molecule has 0 bridgehead atoms. The van der Waals surface area contributed by atoms with Crippen LogP contribution in [0, 0.1) is 5.92 Å². The predicted octanol–water partition coefficient (Wildman–Crippen LogP) is 2.36. The zero-order valence-electron chi connectivity index (χ0n) is 11.6. The number of benzene rings is 1. The van der Waals surface area contributed by atoms with Crippen LogP contribution in [0.4, 0.5) is 0 Å². The normalized spacial score (nSPS) is 14.6. The number of nitrogens with two attached hydrogens (primary N) is 1. The van der Waals surface area contributed by atoms with Crippen molar-refractivity contribution in [3.8, 4) is 5.75 Å². The van der Waals surface area contributed by atoms with E-state index in [1.165, 1.54) is 0 Å². The van der Waals surface area contributed by atoms with Gasteiger partial charge in [-0.2, -0.15) is 0 Å². The van der Waals surface area contributed by atoms with Crippen LogP contribution in [0.5, 0.6) is 5.75 Å². The Hall–Kier alpha value is -1.06. The molecule has 1 aromatic rings. The quantitative estimate of drug-likeness (QED) is 0.782. The van der Waals surface area contributed by atoms with Gasteiger partial charge < -0.3 is 15.6 Å². The molecule has 102 valence electrons. The Morgan fingerprint density at radius 3 is 2.50 bits per heavy atom. The first-order valence-corrected chi connectivity index (χ1v) is 6.65. The zero-order chi connectivity index (χ0) is 13.5. The molecule has 0 aromatic heterocycles. The Bertz CT molecular complexity index is 350. The van der Waals surface area contributed by atoms with Crippen LogP contribution in [0.2, 0.25) is 0 Å². The molecule has 2 unspecified atom stereocenters. The molecule has 3 N–H and O–H groups in total. The van der Waals surface area contributed by atoms with E-state index in [0.717, 1.165) is 17.7 Å². The summed E-state index contributed by atoms with van der Waals surface area (Å²) in [7, 11) is 0. The van der Waals surface area contributed by atoms with Crippen LogP contribution in [0.15, 0.2) is 24.3 Å². The summed E-state index contributed by atoms with van der Waals surface area (Å²) >= 11 is 0. The first-order valence-electron chi connectivity index (χ1n) is 6.65. The average Bonchev–Trinajstić information content (AvgIpc) is 2.34. The maximum absolute atomic E-state index is 9.73. The molecule has 0 fully saturated rings. The summed E-state index contributed by atoms with van der Waals surface area (Å²) in [5.74, 6) is 1.43. The lowest BCUT2D eigenvalue weighted by Gasteiger charge is -2.16. The van der Waals surface area contributed by atoms with Crippen molar-refractivity contribution in [2.75, 3.05) is 6.61 Å². The topological polar surface area (TPSA) is 55.5 Å². The van der Waals surface area contributed by atoms with Gasteiger partial charge >= 0.3 is 0 Å². The lowest BCUT2D eigenvalue weighted by Crippen LogP contribution is -2.31. The van der Waals surface area contributed by atoms with Gasteiger partial charge in [0.2, 0.25) is 0 Å². The third-order valence-corrected chi connectivity index (χ3v) is 2.86. The van der Waals surface area contributed by atoms with Crippen molar-refractivity contribution in [2.24, 2.45) is 11.7 Å². The molecule has 0 amide bonds. The Morgan fingerprint density at radius 2 is 1.89 bits per heavy atom. The zero-order valence-corrected chi connectivity index (χ0v) is 11.6. The molecular formula is C15H25NO2. The van der Waals surface area contributed by atoms with Crippen molar-refractivity contribution < 1.29 is 9.84 Å². The minimum Gasteiger partial charge on any atom is -0.493 e. The summed E-state index contributed by atoms with van der Waals surface area (Å²) in [6.07, 6.45) is 1.000. The maximum atomic E-state index is 9.73. The van der Waals surface area contributed by atoms with Gasteiger partial charge in [-0.25, -0.2) is 0 Å². The van der Waals surface area contributed by atoms with Gasteiger partial charge in [-0.15, -0.1) is 0 Å². The van der Waals surface area contributed by atoms with Gasteiger partial charge in [0.15, 0.2) is 0 Å². The summed E-state index contributed by atoms with van der Waals surface area (Å²) in [6, 6.07) is 7.81. The van der Waals surface area contributed by atoms with E-state index in [1.807, 2.05) is 31.2 Å². The molecule has 3 nitrogen and oxygen atoms in total. The van der Waals surface area contributed by atoms with Gasteiger partial charge in [0, 0.05) is 6.04 Å². The second kappa shape index (κ2) is 7.39. The molecule has 1 rings (SSSR count). The van der Waals surface area contributed by atoms with E-state index >= 15 is 0 Å². The summed E-state index contributed by atoms with van der Waals surface area (Å²) < 4.78 is 5.78. The van der Waals surface area contributed by atoms with E-state index in [4.69, 9.17) is 10.5 Å². The number of para-hydroxylation sites is 1. The van der Waals surface area contributed by atoms with Crippen molar-refractivity contribution in [3.05, 3.63) is 29.8 Å². The maximum Gasteiger partial charge on any atom is 0.122 e. The highest BCUT2D eigenvalue weighted by molar-refractivity contribution is 5.33. The highest BCUT2D eigenvalue weighted by atomic mass is 16.5. The van der Waals surface area contributed by atoms with Crippen molar-refractivity contribution in [2.45, 2.75) is 45.8 Å². The largest absolute Gasteiger partial charge is 0.493 e. The van der Waals surface area contributed by atoms with Crippen molar-refractivity contribution in [1.82, 2.24) is 0 Å². The van der Waals surface area contributed by atoms with Crippen LogP contribution in [0.25, 0.3) is 0 Å². The molecule has 0 aliphatic carbocycles. The molecule has 0 aliphatic heterocycles. The smallest absolute Gasteiger partial charge is 0.122 e. The van der Waals surface area contributed by atoms with E-state index in [1.54, 1.807) is 0 Å². The van der Waals surface area contributed by atoms with Crippen LogP contribution in [-0.2, 0) is 6.42 Å². The lowest BCUT2D eigenvalue weighted by molar-refractivity contribution is 0.141. The van der Waals surface area contributed by atoms with Crippen LogP contribution in [0.3, 0.4) is 0 Å². The third-order valence-electron chi connectivity index (χ3n) is 2.86. The first kappa shape index (κ1) is 15.0. The number of aliphatic hydroxyl groups excluding tert-OH is 1. The minimum absolute atomic E-state index is 0.186. The number of rotatable bonds is 7. The summed E-state index contributed by atoms with van der Waals surface area (Å²) in [6.45, 7) is 6.80. The van der Waals surface area contributed by atoms with Gasteiger partial charge in [-0.3, -0.25) is 0 Å². The van der Waals surface area contributed by atoms with Crippen molar-refractivity contribution >= 4 is 0 Å². The highest BCUT2D eigenvalue weighted by Crippen LogP contribution is 2.21. The second-order valence-electron chi connectivity index (χ2n) is 5.28. The number of aryl methyl sites for hydroxylation is 1. The van der Waals surface area contributed by atoms with Gasteiger partial charge in [0.05, 0.1) is 12.7 Å². The van der Waals surface area contributed by atoms with Crippen molar-refractivity contribution in [1.29, 1.82) is 0 Å². The number of ether oxygens (including phenoxy) is 1. The molecule has 0 aliphatic rings. The third kappa shape index (κ3) is 5.07. The number of aliphatic hydroxyl groups is 1. The van der Waals surface area contributed by atoms with E-state index < -0.39 is 6.10 Å². The summed E-state index contributed by atoms with van der Waals surface area (Å²) in [5.41, 5.74) is 6.79. The molecule has 3 heteroatoms. The Labute approximate surface area is 110 Å². The van der Waals surface area contributed by atoms with E-state index in [-0.39, 0.29) is 6.04 Å². The summed E-state index contributed by atoms with van der Waals surface area (Å²) in [4.78, 5) is 0. The van der Waals surface area contributed by atoms with Crippen molar-refractivity contribution in [3.63, 3.8) is 0 Å². The average molecular weight is 251 g/mol. The van der Waals surface area contributed by atoms with Gasteiger partial charge in [-0.1, -0.05) is 32.0 Å².